The monoisotopic (exact) mass is 1530 g/mol. The Morgan fingerprint density at radius 1 is 0.400 bits per heavy atom. The van der Waals surface area contributed by atoms with Gasteiger partial charge >= 0.3 is 0 Å². The number of piperidine rings is 3. The van der Waals surface area contributed by atoms with E-state index in [1.807, 2.05) is 215 Å². The molecule has 6 amide bonds. The molecule has 0 radical (unpaired) electrons. The zero-order valence-electron chi connectivity index (χ0n) is 61.4. The maximum atomic E-state index is 13.7. The summed E-state index contributed by atoms with van der Waals surface area (Å²) >= 11 is 18.2. The first-order valence-electron chi connectivity index (χ1n) is 37.5. The van der Waals surface area contributed by atoms with Crippen LogP contribution in [0.2, 0.25) is 15.1 Å². The predicted octanol–water partition coefficient (Wildman–Crippen LogP) is 16.2. The van der Waals surface area contributed by atoms with Crippen molar-refractivity contribution in [2.75, 3.05) is 59.5 Å². The minimum atomic E-state index is -0.264. The summed E-state index contributed by atoms with van der Waals surface area (Å²) in [5.74, 6) is 0.413. The number of pyridine rings is 1. The molecular formula is C89H88Cl3FN10O7. The summed E-state index contributed by atoms with van der Waals surface area (Å²) < 4.78 is 24.5. The quantitative estimate of drug-likeness (QED) is 0.0634. The van der Waals surface area contributed by atoms with E-state index in [0.29, 0.717) is 156 Å². The van der Waals surface area contributed by atoms with Crippen molar-refractivity contribution in [1.29, 1.82) is 0 Å². The molecule has 564 valence electrons. The molecule has 17 nitrogen and oxygen atoms in total. The van der Waals surface area contributed by atoms with E-state index in [1.165, 1.54) is 12.1 Å². The van der Waals surface area contributed by atoms with Crippen molar-refractivity contribution >= 4 is 103 Å². The number of nitrogens with one attached hydrogen (secondary N) is 3. The number of nitrogens with zero attached hydrogens (tertiary/aromatic N) is 7. The molecule has 0 saturated carbocycles. The van der Waals surface area contributed by atoms with E-state index in [9.17, 15) is 33.2 Å². The van der Waals surface area contributed by atoms with Gasteiger partial charge in [-0.15, -0.1) is 0 Å². The molecule has 12 aromatic rings. The summed E-state index contributed by atoms with van der Waals surface area (Å²) in [7, 11) is 1.65. The van der Waals surface area contributed by atoms with Crippen molar-refractivity contribution in [3.63, 3.8) is 0 Å². The van der Waals surface area contributed by atoms with Crippen molar-refractivity contribution in [1.82, 2.24) is 49.3 Å². The fourth-order valence-corrected chi connectivity index (χ4v) is 15.1. The van der Waals surface area contributed by atoms with Crippen LogP contribution in [0.4, 0.5) is 4.39 Å². The first-order chi connectivity index (χ1) is 53.6. The summed E-state index contributed by atoms with van der Waals surface area (Å²) in [6.07, 6.45) is 8.79. The molecule has 3 aliphatic heterocycles. The number of hydrogen-bond donors (Lipinski definition) is 3. The lowest BCUT2D eigenvalue weighted by atomic mass is 9.95. The number of methoxy groups -OCH3 is 1. The number of benzene rings is 8. The lowest BCUT2D eigenvalue weighted by Crippen LogP contribution is -2.43. The third-order valence-electron chi connectivity index (χ3n) is 21.0. The second-order valence-electron chi connectivity index (χ2n) is 28.2. The summed E-state index contributed by atoms with van der Waals surface area (Å²) in [4.78, 5) is 88.7. The van der Waals surface area contributed by atoms with Crippen molar-refractivity contribution < 1.29 is 37.9 Å². The molecule has 0 spiro atoms. The second-order valence-corrected chi connectivity index (χ2v) is 29.5. The van der Waals surface area contributed by atoms with E-state index in [1.54, 1.807) is 31.6 Å². The number of aromatic nitrogens is 4. The molecule has 0 atom stereocenters. The first-order valence-corrected chi connectivity index (χ1v) is 38.7. The van der Waals surface area contributed by atoms with Crippen LogP contribution in [0.5, 0.6) is 5.75 Å². The number of carbonyl (C=O) groups excluding carboxylic acids is 6. The van der Waals surface area contributed by atoms with Gasteiger partial charge in [0.2, 0.25) is 17.7 Å². The molecule has 4 aromatic heterocycles. The number of para-hydroxylation sites is 3. The van der Waals surface area contributed by atoms with E-state index in [-0.39, 0.29) is 59.0 Å². The van der Waals surface area contributed by atoms with E-state index >= 15 is 0 Å². The molecule has 3 aliphatic rings. The van der Waals surface area contributed by atoms with E-state index in [2.05, 4.69) is 34.6 Å². The first kappa shape index (κ1) is 77.1. The number of carbonyl (C=O) groups is 6. The fourth-order valence-electron chi connectivity index (χ4n) is 14.7. The highest BCUT2D eigenvalue weighted by Crippen LogP contribution is 2.31. The largest absolute Gasteiger partial charge is 0.497 e. The number of likely N-dealkylation sites (tertiary alicyclic amines) is 3. The molecule has 0 aliphatic carbocycles. The Kier molecular flexibility index (Phi) is 25.9. The Hall–Kier alpha value is -11.1. The standard InChI is InChI=1S/C31H32ClN3O3.C30H29ClFN3O2.C28H27ClN4O2/c1-38-27-12-8-22(9-13-27)14-17-33-30(36)24-15-18-34(19-16-24)31(37)29-20-25-4-2-3-5-28(25)35(29)21-23-6-10-26(32)11-7-23;31-25-9-5-22(6-10-25)20-35-27-4-2-1-3-24(27)19-28(35)30(37)34-17-14-23(15-18-34)29(36)33-16-13-21-7-11-26(32)12-8-21;29-24-9-7-20(8-10-24)19-33-25-6-2-1-5-23(25)16-26(33)28(35)32-14-11-22(12-15-32)27(34)31-18-21-4-3-13-30-17-21/h2-13,20,24H,14-19,21H2,1H3,(H,33,36);1-12,19,23H,13-18,20H2,(H,33,36);1-10,13,16-17,22H,11-12,14-15,18-19H2,(H,31,34). The molecule has 110 heavy (non-hydrogen) atoms. The molecule has 15 rings (SSSR count). The number of halogens is 4. The van der Waals surface area contributed by atoms with Crippen molar-refractivity contribution in [3.05, 3.63) is 308 Å². The lowest BCUT2D eigenvalue weighted by Gasteiger charge is -2.31. The van der Waals surface area contributed by atoms with Crippen LogP contribution in [0.3, 0.4) is 0 Å². The number of amides is 6. The number of fused-ring (bicyclic) bond motifs is 3. The average Bonchev–Trinajstić information content (AvgIpc) is 1.64. The zero-order chi connectivity index (χ0) is 76.5. The van der Waals surface area contributed by atoms with E-state index in [0.717, 1.165) is 78.3 Å². The average molecular weight is 1540 g/mol. The Morgan fingerprint density at radius 3 is 1.06 bits per heavy atom. The van der Waals surface area contributed by atoms with E-state index < -0.39 is 0 Å². The molecule has 0 unspecified atom stereocenters. The number of ether oxygens (including phenoxy) is 1. The van der Waals surface area contributed by atoms with Gasteiger partial charge in [-0.2, -0.15) is 0 Å². The highest BCUT2D eigenvalue weighted by atomic mass is 35.5. The summed E-state index contributed by atoms with van der Waals surface area (Å²) in [6.45, 7) is 6.64. The lowest BCUT2D eigenvalue weighted by molar-refractivity contribution is -0.127. The van der Waals surface area contributed by atoms with Crippen molar-refractivity contribution in [2.24, 2.45) is 17.8 Å². The topological polar surface area (TPSA) is 185 Å². The van der Waals surface area contributed by atoms with Gasteiger partial charge in [-0.3, -0.25) is 33.8 Å². The normalized spacial score (nSPS) is 14.1. The Bertz CT molecular complexity index is 5150. The number of rotatable bonds is 21. The van der Waals surface area contributed by atoms with Crippen LogP contribution in [0.1, 0.15) is 103 Å². The molecule has 8 aromatic carbocycles. The van der Waals surface area contributed by atoms with Crippen LogP contribution in [-0.4, -0.2) is 128 Å². The highest BCUT2D eigenvalue weighted by molar-refractivity contribution is 6.31. The molecule has 0 bridgehead atoms. The van der Waals surface area contributed by atoms with Gasteiger partial charge in [-0.1, -0.05) is 156 Å². The van der Waals surface area contributed by atoms with Gasteiger partial charge in [0, 0.05) is 156 Å². The van der Waals surface area contributed by atoms with Gasteiger partial charge in [-0.05, 0) is 188 Å². The second kappa shape index (κ2) is 36.9. The smallest absolute Gasteiger partial charge is 0.270 e. The third kappa shape index (κ3) is 19.7. The minimum Gasteiger partial charge on any atom is -0.497 e. The van der Waals surface area contributed by atoms with Gasteiger partial charge in [0.05, 0.1) is 7.11 Å². The number of hydrogen-bond acceptors (Lipinski definition) is 8. The maximum absolute atomic E-state index is 13.7. The molecule has 7 heterocycles. The van der Waals surface area contributed by atoms with Crippen LogP contribution in [0.15, 0.2) is 237 Å². The molecule has 21 heteroatoms. The van der Waals surface area contributed by atoms with Crippen molar-refractivity contribution in [2.45, 2.75) is 77.5 Å². The fraction of sp³-hybridized carbons (Fsp3) is 0.270. The zero-order valence-corrected chi connectivity index (χ0v) is 63.7. The highest BCUT2D eigenvalue weighted by Gasteiger charge is 2.33. The van der Waals surface area contributed by atoms with Crippen LogP contribution in [0, 0.1) is 23.6 Å². The molecule has 3 saturated heterocycles. The van der Waals surface area contributed by atoms with Crippen molar-refractivity contribution in [3.8, 4) is 5.75 Å². The Morgan fingerprint density at radius 2 is 0.727 bits per heavy atom. The van der Waals surface area contributed by atoms with Crippen LogP contribution in [-0.2, 0) is 53.4 Å². The Labute approximate surface area is 654 Å². The summed E-state index contributed by atoms with van der Waals surface area (Å²) in [6, 6.07) is 71.2. The van der Waals surface area contributed by atoms with Crippen LogP contribution < -0.4 is 20.7 Å². The maximum Gasteiger partial charge on any atom is 0.270 e. The van der Waals surface area contributed by atoms with Crippen LogP contribution >= 0.6 is 34.8 Å². The van der Waals surface area contributed by atoms with Gasteiger partial charge < -0.3 is 49.1 Å². The summed E-state index contributed by atoms with van der Waals surface area (Å²) in [5, 5.41) is 14.2. The van der Waals surface area contributed by atoms with E-state index in [4.69, 9.17) is 39.5 Å². The van der Waals surface area contributed by atoms with Gasteiger partial charge in [0.15, 0.2) is 0 Å². The van der Waals surface area contributed by atoms with Gasteiger partial charge in [-0.25, -0.2) is 4.39 Å². The summed E-state index contributed by atoms with van der Waals surface area (Å²) in [5.41, 5.74) is 11.4. The molecule has 3 fully saturated rings. The SMILES string of the molecule is COc1ccc(CCNC(=O)C2CCN(C(=O)c3cc4ccccc4n3Cc3ccc(Cl)cc3)CC2)cc1.O=C(NCCc1ccc(F)cc1)C1CCN(C(=O)c2cc3ccccc3n2Cc2ccc(Cl)cc2)CC1.O=C(NCc1cccnc1)C1CCN(C(=O)c2cc3ccccc3n2Cc2ccc(Cl)cc2)CC1. The van der Waals surface area contributed by atoms with Gasteiger partial charge in [0.25, 0.3) is 17.7 Å². The Balaban J connectivity index is 0.000000145. The van der Waals surface area contributed by atoms with Gasteiger partial charge in [0.1, 0.15) is 28.6 Å². The van der Waals surface area contributed by atoms with Crippen LogP contribution in [0.25, 0.3) is 32.7 Å². The molecule has 3 N–H and O–H groups in total. The third-order valence-corrected chi connectivity index (χ3v) is 21.8. The molecular weight excluding hydrogens is 1450 g/mol. The minimum absolute atomic E-state index is 0.00406. The predicted molar refractivity (Wildman–Crippen MR) is 432 cm³/mol.